The van der Waals surface area contributed by atoms with Gasteiger partial charge in [0.25, 0.3) is 0 Å². The largest absolute Gasteiger partial charge is 0.462 e. The van der Waals surface area contributed by atoms with E-state index in [4.69, 9.17) is 14.2 Å². The Balaban J connectivity index is 4.55. The van der Waals surface area contributed by atoms with Gasteiger partial charge in [-0.1, -0.05) is 233 Å². The number of rotatable bonds is 52. The number of unbranched alkanes of at least 4 members (excludes halogenated alkanes) is 23. The second-order valence-electron chi connectivity index (χ2n) is 19.2. The van der Waals surface area contributed by atoms with Crippen molar-refractivity contribution in [2.75, 3.05) is 13.2 Å². The van der Waals surface area contributed by atoms with E-state index in [-0.39, 0.29) is 44.0 Å². The predicted molar refractivity (Wildman–Crippen MR) is 307 cm³/mol. The van der Waals surface area contributed by atoms with E-state index < -0.39 is 6.10 Å². The first kappa shape index (κ1) is 67.1. The molecular weight excluding hydrogens is 877 g/mol. The van der Waals surface area contributed by atoms with Gasteiger partial charge in [0.15, 0.2) is 6.10 Å². The molecule has 71 heavy (non-hydrogen) atoms. The lowest BCUT2D eigenvalue weighted by molar-refractivity contribution is -0.166. The Hall–Kier alpha value is -3.93. The summed E-state index contributed by atoms with van der Waals surface area (Å²) >= 11 is 0. The van der Waals surface area contributed by atoms with Gasteiger partial charge in [-0.2, -0.15) is 0 Å². The zero-order valence-electron chi connectivity index (χ0n) is 46.2. The molecule has 1 atom stereocenters. The summed E-state index contributed by atoms with van der Waals surface area (Å²) in [5, 5.41) is 0. The molecule has 0 saturated heterocycles. The van der Waals surface area contributed by atoms with Crippen molar-refractivity contribution in [3.8, 4) is 0 Å². The molecular formula is C65H108O6. The Kier molecular flexibility index (Phi) is 55.4. The minimum Gasteiger partial charge on any atom is -0.462 e. The number of hydrogen-bond donors (Lipinski definition) is 0. The molecule has 0 saturated carbocycles. The number of hydrogen-bond acceptors (Lipinski definition) is 6. The third-order valence-corrected chi connectivity index (χ3v) is 12.2. The molecule has 404 valence electrons. The van der Waals surface area contributed by atoms with Crippen LogP contribution in [-0.2, 0) is 28.6 Å². The van der Waals surface area contributed by atoms with Crippen LogP contribution in [0.4, 0.5) is 0 Å². The van der Waals surface area contributed by atoms with Crippen molar-refractivity contribution in [1.82, 2.24) is 0 Å². The molecule has 0 aromatic heterocycles. The van der Waals surface area contributed by atoms with Crippen LogP contribution in [0, 0.1) is 0 Å². The van der Waals surface area contributed by atoms with Crippen LogP contribution in [0.5, 0.6) is 0 Å². The summed E-state index contributed by atoms with van der Waals surface area (Å²) in [6, 6.07) is 0. The van der Waals surface area contributed by atoms with Gasteiger partial charge in [-0.3, -0.25) is 14.4 Å². The smallest absolute Gasteiger partial charge is 0.306 e. The highest BCUT2D eigenvalue weighted by atomic mass is 16.6. The van der Waals surface area contributed by atoms with Crippen LogP contribution < -0.4 is 0 Å². The van der Waals surface area contributed by atoms with Gasteiger partial charge < -0.3 is 14.2 Å². The highest BCUT2D eigenvalue weighted by Crippen LogP contribution is 2.14. The van der Waals surface area contributed by atoms with Crippen molar-refractivity contribution >= 4 is 17.9 Å². The fourth-order valence-corrected chi connectivity index (χ4v) is 7.78. The van der Waals surface area contributed by atoms with E-state index >= 15 is 0 Å². The van der Waals surface area contributed by atoms with Crippen LogP contribution in [0.1, 0.15) is 265 Å². The van der Waals surface area contributed by atoms with Crippen molar-refractivity contribution < 1.29 is 28.6 Å². The van der Waals surface area contributed by atoms with Gasteiger partial charge in [-0.05, 0) is 122 Å². The van der Waals surface area contributed by atoms with E-state index in [1.54, 1.807) is 0 Å². The summed E-state index contributed by atoms with van der Waals surface area (Å²) in [5.41, 5.74) is 0. The Morgan fingerprint density at radius 1 is 0.282 bits per heavy atom. The molecule has 0 fully saturated rings. The fourth-order valence-electron chi connectivity index (χ4n) is 7.78. The summed E-state index contributed by atoms with van der Waals surface area (Å²) in [6.07, 6.45) is 79.4. The Bertz CT molecular complexity index is 1460. The quantitative estimate of drug-likeness (QED) is 0.0261. The average molecular weight is 986 g/mol. The molecule has 0 aliphatic carbocycles. The summed E-state index contributed by atoms with van der Waals surface area (Å²) in [5.74, 6) is -1.02. The topological polar surface area (TPSA) is 78.9 Å². The van der Waals surface area contributed by atoms with Crippen LogP contribution in [-0.4, -0.2) is 37.2 Å². The predicted octanol–water partition coefficient (Wildman–Crippen LogP) is 19.9. The molecule has 0 heterocycles. The highest BCUT2D eigenvalue weighted by molar-refractivity contribution is 5.71. The number of esters is 3. The van der Waals surface area contributed by atoms with E-state index in [0.717, 1.165) is 89.9 Å². The van der Waals surface area contributed by atoms with Crippen molar-refractivity contribution in [1.29, 1.82) is 0 Å². The lowest BCUT2D eigenvalue weighted by atomic mass is 10.1. The zero-order chi connectivity index (χ0) is 51.4. The van der Waals surface area contributed by atoms with Gasteiger partial charge in [0, 0.05) is 19.3 Å². The van der Waals surface area contributed by atoms with Gasteiger partial charge in [0.1, 0.15) is 13.2 Å². The fraction of sp³-hybridized carbons (Fsp3) is 0.677. The van der Waals surface area contributed by atoms with Crippen molar-refractivity contribution in [3.63, 3.8) is 0 Å². The van der Waals surface area contributed by atoms with E-state index in [0.29, 0.717) is 12.8 Å². The maximum Gasteiger partial charge on any atom is 0.306 e. The highest BCUT2D eigenvalue weighted by Gasteiger charge is 2.19. The Morgan fingerprint density at radius 3 is 0.915 bits per heavy atom. The third-order valence-electron chi connectivity index (χ3n) is 12.2. The molecule has 0 amide bonds. The van der Waals surface area contributed by atoms with Gasteiger partial charge in [-0.15, -0.1) is 0 Å². The average Bonchev–Trinajstić information content (AvgIpc) is 3.37. The monoisotopic (exact) mass is 985 g/mol. The second-order valence-corrected chi connectivity index (χ2v) is 19.2. The number of ether oxygens (including phenoxy) is 3. The molecule has 6 heteroatoms. The van der Waals surface area contributed by atoms with Crippen LogP contribution in [0.15, 0.2) is 109 Å². The Morgan fingerprint density at radius 2 is 0.535 bits per heavy atom. The zero-order valence-corrected chi connectivity index (χ0v) is 46.2. The van der Waals surface area contributed by atoms with E-state index in [2.05, 4.69) is 124 Å². The first-order valence-electron chi connectivity index (χ1n) is 29.4. The van der Waals surface area contributed by atoms with Gasteiger partial charge in [-0.25, -0.2) is 0 Å². The van der Waals surface area contributed by atoms with Crippen molar-refractivity contribution in [3.05, 3.63) is 109 Å². The molecule has 0 unspecified atom stereocenters. The van der Waals surface area contributed by atoms with Crippen LogP contribution in [0.25, 0.3) is 0 Å². The third kappa shape index (κ3) is 56.9. The SMILES string of the molecule is CCCCC/C=C\C/C=C\C/C=C\C/C=C\C/C=C\CCC(=O)OC[C@H](COC(=O)CCCCCCCCC/C=C\CCCCCCCC)OC(=O)CCCCCC/C=C\C/C=C\C/C=C\CCCCC. The molecule has 0 aromatic rings. The maximum absolute atomic E-state index is 12.9. The second kappa shape index (κ2) is 58.6. The van der Waals surface area contributed by atoms with Gasteiger partial charge >= 0.3 is 17.9 Å². The number of carbonyl (C=O) groups excluding carboxylic acids is 3. The lowest BCUT2D eigenvalue weighted by Gasteiger charge is -2.18. The van der Waals surface area contributed by atoms with Crippen molar-refractivity contribution in [2.24, 2.45) is 0 Å². The molecule has 0 aliphatic rings. The molecule has 0 aliphatic heterocycles. The Labute approximate surface area is 438 Å². The molecule has 0 rings (SSSR count). The van der Waals surface area contributed by atoms with Gasteiger partial charge in [0.2, 0.25) is 0 Å². The van der Waals surface area contributed by atoms with Crippen LogP contribution >= 0.6 is 0 Å². The van der Waals surface area contributed by atoms with Crippen LogP contribution in [0.2, 0.25) is 0 Å². The minimum atomic E-state index is -0.824. The van der Waals surface area contributed by atoms with E-state index in [1.165, 1.54) is 128 Å². The molecule has 6 nitrogen and oxygen atoms in total. The van der Waals surface area contributed by atoms with Gasteiger partial charge in [0.05, 0.1) is 0 Å². The normalized spacial score (nSPS) is 12.9. The molecule has 0 spiro atoms. The molecule has 0 N–H and O–H groups in total. The number of allylic oxidation sites excluding steroid dienone is 18. The maximum atomic E-state index is 12.9. The summed E-state index contributed by atoms with van der Waals surface area (Å²) in [7, 11) is 0. The minimum absolute atomic E-state index is 0.114. The standard InChI is InChI=1S/C65H108O6/c1-4-7-10-13-16-19-22-25-28-31-32-35-37-40-43-46-49-52-55-58-64(67)70-61-62(71-65(68)59-56-53-50-47-44-41-38-34-30-27-24-21-18-15-12-9-6-3)60-69-63(66)57-54-51-48-45-42-39-36-33-29-26-23-20-17-14-11-8-5-2/h16,18-19,21,25-30,32,35,38,40-41,43,49,52,62H,4-15,17,20,22-24,31,33-34,36-37,39,42,44-48,50-51,53-61H2,1-3H3/b19-16-,21-18-,28-25-,29-26-,30-27-,35-32-,41-38-,43-40-,52-49-/t62-/m0/s1. The summed E-state index contributed by atoms with van der Waals surface area (Å²) in [6.45, 7) is 6.50. The molecule has 0 aromatic carbocycles. The summed E-state index contributed by atoms with van der Waals surface area (Å²) < 4.78 is 16.8. The molecule has 0 bridgehead atoms. The van der Waals surface area contributed by atoms with Crippen molar-refractivity contribution in [2.45, 2.75) is 271 Å². The van der Waals surface area contributed by atoms with E-state index in [9.17, 15) is 14.4 Å². The summed E-state index contributed by atoms with van der Waals surface area (Å²) in [4.78, 5) is 38.2. The number of carbonyl (C=O) groups is 3. The lowest BCUT2D eigenvalue weighted by Crippen LogP contribution is -2.30. The van der Waals surface area contributed by atoms with Crippen LogP contribution in [0.3, 0.4) is 0 Å². The molecule has 0 radical (unpaired) electrons. The van der Waals surface area contributed by atoms with E-state index in [1.807, 2.05) is 6.08 Å². The first-order valence-corrected chi connectivity index (χ1v) is 29.4. The first-order chi connectivity index (χ1) is 35.0.